The van der Waals surface area contributed by atoms with Gasteiger partial charge in [0.05, 0.1) is 7.11 Å². The van der Waals surface area contributed by atoms with Gasteiger partial charge in [-0.3, -0.25) is 9.59 Å². The number of nitrogens with one attached hydrogen (secondary N) is 2. The van der Waals surface area contributed by atoms with Gasteiger partial charge in [0.15, 0.2) is 0 Å². The van der Waals surface area contributed by atoms with Crippen molar-refractivity contribution in [2.24, 2.45) is 0 Å². The lowest BCUT2D eigenvalue weighted by Crippen LogP contribution is -2.53. The molecule has 2 aromatic rings. The van der Waals surface area contributed by atoms with Crippen molar-refractivity contribution in [1.29, 1.82) is 0 Å². The fourth-order valence-electron chi connectivity index (χ4n) is 3.29. The van der Waals surface area contributed by atoms with Crippen molar-refractivity contribution in [3.05, 3.63) is 70.8 Å². The van der Waals surface area contributed by atoms with E-state index in [0.29, 0.717) is 12.8 Å². The van der Waals surface area contributed by atoms with Crippen LogP contribution in [0.25, 0.3) is 0 Å². The van der Waals surface area contributed by atoms with Gasteiger partial charge in [-0.2, -0.15) is 0 Å². The maximum Gasteiger partial charge on any atom is 0.328 e. The molecular formula is C23H28N2O4. The molecule has 0 saturated heterocycles. The van der Waals surface area contributed by atoms with Gasteiger partial charge in [0, 0.05) is 19.8 Å². The van der Waals surface area contributed by atoms with Gasteiger partial charge >= 0.3 is 5.97 Å². The van der Waals surface area contributed by atoms with Crippen LogP contribution in [0, 0.1) is 13.8 Å². The third kappa shape index (κ3) is 6.45. The van der Waals surface area contributed by atoms with E-state index in [1.165, 1.54) is 14.0 Å². The third-order valence-corrected chi connectivity index (χ3v) is 4.83. The number of hydrogen-bond donors (Lipinski definition) is 2. The summed E-state index contributed by atoms with van der Waals surface area (Å²) in [6.45, 7) is 5.29. The van der Waals surface area contributed by atoms with Gasteiger partial charge in [0.1, 0.15) is 12.1 Å². The molecule has 0 spiro atoms. The molecule has 0 fully saturated rings. The minimum Gasteiger partial charge on any atom is -0.467 e. The standard InChI is InChI=1S/C23H28N2O4/c1-15-9-8-10-16(2)19(15)14-21(23(28)29-4)25-22(27)20(24-17(3)26)13-18-11-6-5-7-12-18/h5-12,20-21H,13-14H2,1-4H3,(H,24,26)(H,25,27)/t20-,21-/m1/s1. The van der Waals surface area contributed by atoms with Gasteiger partial charge in [0.2, 0.25) is 11.8 Å². The second kappa shape index (κ2) is 10.4. The van der Waals surface area contributed by atoms with Crippen molar-refractivity contribution in [3.63, 3.8) is 0 Å². The highest BCUT2D eigenvalue weighted by molar-refractivity contribution is 5.90. The number of carbonyl (C=O) groups excluding carboxylic acids is 3. The number of rotatable bonds is 8. The molecule has 0 heterocycles. The summed E-state index contributed by atoms with van der Waals surface area (Å²) in [5, 5.41) is 5.44. The zero-order valence-electron chi connectivity index (χ0n) is 17.3. The SMILES string of the molecule is COC(=O)[C@@H](Cc1c(C)cccc1C)NC(=O)[C@@H](Cc1ccccc1)NC(C)=O. The molecular weight excluding hydrogens is 368 g/mol. The quantitative estimate of drug-likeness (QED) is 0.671. The highest BCUT2D eigenvalue weighted by Crippen LogP contribution is 2.16. The van der Waals surface area contributed by atoms with E-state index >= 15 is 0 Å². The van der Waals surface area contributed by atoms with Crippen molar-refractivity contribution in [2.45, 2.75) is 45.7 Å². The lowest BCUT2D eigenvalue weighted by atomic mass is 9.96. The number of ether oxygens (including phenoxy) is 1. The molecule has 2 amide bonds. The summed E-state index contributed by atoms with van der Waals surface area (Å²) < 4.78 is 4.90. The van der Waals surface area contributed by atoms with E-state index in [1.54, 1.807) is 0 Å². The van der Waals surface area contributed by atoms with Gasteiger partial charge < -0.3 is 15.4 Å². The van der Waals surface area contributed by atoms with Crippen LogP contribution in [0.15, 0.2) is 48.5 Å². The van der Waals surface area contributed by atoms with Gasteiger partial charge in [-0.15, -0.1) is 0 Å². The molecule has 0 aliphatic heterocycles. The minimum absolute atomic E-state index is 0.314. The molecule has 2 atom stereocenters. The van der Waals surface area contributed by atoms with Crippen LogP contribution in [0.4, 0.5) is 0 Å². The average Bonchev–Trinajstić information content (AvgIpc) is 2.69. The summed E-state index contributed by atoms with van der Waals surface area (Å²) in [4.78, 5) is 36.9. The molecule has 0 aromatic heterocycles. The van der Waals surface area contributed by atoms with Crippen molar-refractivity contribution >= 4 is 17.8 Å². The number of benzene rings is 2. The largest absolute Gasteiger partial charge is 0.467 e. The predicted octanol–water partition coefficient (Wildman–Crippen LogP) is 2.25. The lowest BCUT2D eigenvalue weighted by molar-refractivity contribution is -0.145. The van der Waals surface area contributed by atoms with E-state index in [2.05, 4.69) is 10.6 Å². The lowest BCUT2D eigenvalue weighted by Gasteiger charge is -2.23. The Balaban J connectivity index is 2.21. The zero-order valence-corrected chi connectivity index (χ0v) is 17.3. The van der Waals surface area contributed by atoms with E-state index in [-0.39, 0.29) is 5.91 Å². The van der Waals surface area contributed by atoms with Crippen molar-refractivity contribution in [2.75, 3.05) is 7.11 Å². The number of aryl methyl sites for hydroxylation is 2. The van der Waals surface area contributed by atoms with Crippen LogP contribution in [0.3, 0.4) is 0 Å². The van der Waals surface area contributed by atoms with Gasteiger partial charge in [0.25, 0.3) is 0 Å². The first kappa shape index (κ1) is 22.1. The van der Waals surface area contributed by atoms with Gasteiger partial charge in [-0.05, 0) is 36.1 Å². The molecule has 0 radical (unpaired) electrons. The minimum atomic E-state index is -0.848. The van der Waals surface area contributed by atoms with E-state index < -0.39 is 24.0 Å². The first-order valence-electron chi connectivity index (χ1n) is 9.56. The molecule has 2 N–H and O–H groups in total. The Kier molecular flexibility index (Phi) is 7.95. The second-order valence-electron chi connectivity index (χ2n) is 7.10. The molecule has 0 bridgehead atoms. The monoisotopic (exact) mass is 396 g/mol. The summed E-state index contributed by atoms with van der Waals surface area (Å²) in [6.07, 6.45) is 0.637. The summed E-state index contributed by atoms with van der Waals surface area (Å²) in [5.41, 5.74) is 3.97. The molecule has 6 nitrogen and oxygen atoms in total. The fraction of sp³-hybridized carbons (Fsp3) is 0.348. The Morgan fingerprint density at radius 2 is 1.48 bits per heavy atom. The van der Waals surface area contributed by atoms with Crippen LogP contribution >= 0.6 is 0 Å². The Bertz CT molecular complexity index is 844. The Hall–Kier alpha value is -3.15. The second-order valence-corrected chi connectivity index (χ2v) is 7.10. The molecule has 29 heavy (non-hydrogen) atoms. The summed E-state index contributed by atoms with van der Waals surface area (Å²) in [6, 6.07) is 13.6. The average molecular weight is 396 g/mol. The number of esters is 1. The van der Waals surface area contributed by atoms with Crippen LogP contribution in [0.5, 0.6) is 0 Å². The molecule has 0 saturated carbocycles. The Morgan fingerprint density at radius 3 is 2.03 bits per heavy atom. The highest BCUT2D eigenvalue weighted by Gasteiger charge is 2.28. The molecule has 0 aliphatic rings. The van der Waals surface area contributed by atoms with E-state index in [1.807, 2.05) is 62.4 Å². The fourth-order valence-corrected chi connectivity index (χ4v) is 3.29. The van der Waals surface area contributed by atoms with Crippen LogP contribution in [-0.2, 0) is 32.0 Å². The smallest absolute Gasteiger partial charge is 0.328 e. The summed E-state index contributed by atoms with van der Waals surface area (Å²) in [5.74, 6) is -1.27. The van der Waals surface area contributed by atoms with Crippen molar-refractivity contribution in [3.8, 4) is 0 Å². The molecule has 2 aromatic carbocycles. The van der Waals surface area contributed by atoms with Crippen molar-refractivity contribution < 1.29 is 19.1 Å². The molecule has 154 valence electrons. The van der Waals surface area contributed by atoms with Gasteiger partial charge in [-0.1, -0.05) is 48.5 Å². The topological polar surface area (TPSA) is 84.5 Å². The normalized spacial score (nSPS) is 12.6. The van der Waals surface area contributed by atoms with Gasteiger partial charge in [-0.25, -0.2) is 4.79 Å². The van der Waals surface area contributed by atoms with E-state index in [4.69, 9.17) is 4.74 Å². The number of methoxy groups -OCH3 is 1. The predicted molar refractivity (Wildman–Crippen MR) is 111 cm³/mol. The van der Waals surface area contributed by atoms with Crippen LogP contribution in [-0.4, -0.2) is 37.0 Å². The van der Waals surface area contributed by atoms with Crippen LogP contribution in [0.1, 0.15) is 29.2 Å². The van der Waals surface area contributed by atoms with Crippen molar-refractivity contribution in [1.82, 2.24) is 10.6 Å². The highest BCUT2D eigenvalue weighted by atomic mass is 16.5. The first-order chi connectivity index (χ1) is 13.8. The number of hydrogen-bond acceptors (Lipinski definition) is 4. The van der Waals surface area contributed by atoms with E-state index in [9.17, 15) is 14.4 Å². The number of carbonyl (C=O) groups is 3. The van der Waals surface area contributed by atoms with Crippen LogP contribution < -0.4 is 10.6 Å². The molecule has 2 rings (SSSR count). The Labute approximate surface area is 171 Å². The summed E-state index contributed by atoms with van der Waals surface area (Å²) >= 11 is 0. The third-order valence-electron chi connectivity index (χ3n) is 4.83. The summed E-state index contributed by atoms with van der Waals surface area (Å²) in [7, 11) is 1.29. The van der Waals surface area contributed by atoms with Crippen LogP contribution in [0.2, 0.25) is 0 Å². The molecule has 6 heteroatoms. The Morgan fingerprint density at radius 1 is 0.862 bits per heavy atom. The molecule has 0 unspecified atom stereocenters. The van der Waals surface area contributed by atoms with E-state index in [0.717, 1.165) is 22.3 Å². The zero-order chi connectivity index (χ0) is 21.4. The number of amides is 2. The maximum absolute atomic E-state index is 12.9. The maximum atomic E-state index is 12.9. The first-order valence-corrected chi connectivity index (χ1v) is 9.56. The molecule has 0 aliphatic carbocycles.